The van der Waals surface area contributed by atoms with E-state index in [1.165, 1.54) is 23.1 Å². The molecule has 1 aliphatic heterocycles. The molecule has 1 saturated heterocycles. The van der Waals surface area contributed by atoms with Gasteiger partial charge in [-0.25, -0.2) is 4.39 Å². The number of aliphatic hydroxyl groups is 1. The smallest absolute Gasteiger partial charge is 0.295 e. The minimum Gasteiger partial charge on any atom is -0.507 e. The molecule has 1 atom stereocenters. The summed E-state index contributed by atoms with van der Waals surface area (Å²) in [6.45, 7) is 4.09. The summed E-state index contributed by atoms with van der Waals surface area (Å²) in [6.07, 6.45) is 0. The first-order valence-corrected chi connectivity index (χ1v) is 8.93. The Labute approximate surface area is 162 Å². The first-order chi connectivity index (χ1) is 13.2. The van der Waals surface area contributed by atoms with Gasteiger partial charge in [-0.15, -0.1) is 0 Å². The summed E-state index contributed by atoms with van der Waals surface area (Å²) < 4.78 is 14.6. The van der Waals surface area contributed by atoms with E-state index in [4.69, 9.17) is 0 Å². The Morgan fingerprint density at radius 2 is 1.96 bits per heavy atom. The molecule has 0 aliphatic carbocycles. The minimum atomic E-state index is -1.00. The number of aryl methyl sites for hydroxylation is 2. The topological polar surface area (TPSA) is 89.5 Å². The lowest BCUT2D eigenvalue weighted by Gasteiger charge is -2.26. The summed E-state index contributed by atoms with van der Waals surface area (Å²) in [5.41, 5.74) is 1.44. The zero-order valence-electron chi connectivity index (χ0n) is 16.3. The summed E-state index contributed by atoms with van der Waals surface area (Å²) in [4.78, 5) is 28.8. The lowest BCUT2D eigenvalue weighted by molar-refractivity contribution is -0.140. The molecular formula is C20H23FN4O3. The van der Waals surface area contributed by atoms with Crippen LogP contribution in [0, 0.1) is 19.7 Å². The molecule has 2 N–H and O–H groups in total. The molecule has 2 heterocycles. The van der Waals surface area contributed by atoms with Crippen LogP contribution in [0.25, 0.3) is 5.76 Å². The van der Waals surface area contributed by atoms with Gasteiger partial charge >= 0.3 is 0 Å². The van der Waals surface area contributed by atoms with Gasteiger partial charge in [0, 0.05) is 24.3 Å². The number of aromatic amines is 1. The van der Waals surface area contributed by atoms with E-state index in [1.54, 1.807) is 19.9 Å². The molecule has 7 nitrogen and oxygen atoms in total. The molecule has 0 saturated carbocycles. The van der Waals surface area contributed by atoms with E-state index in [-0.39, 0.29) is 23.4 Å². The fourth-order valence-electron chi connectivity index (χ4n) is 3.47. The SMILES string of the molecule is Cc1n[nH]c(C)c1/C(O)=C1\C(=O)C(=O)N(CCN(C)C)[C@@H]1c1ccccc1F. The van der Waals surface area contributed by atoms with Gasteiger partial charge in [-0.1, -0.05) is 18.2 Å². The molecule has 28 heavy (non-hydrogen) atoms. The fourth-order valence-corrected chi connectivity index (χ4v) is 3.47. The highest BCUT2D eigenvalue weighted by molar-refractivity contribution is 6.46. The second kappa shape index (κ2) is 7.55. The van der Waals surface area contributed by atoms with Crippen molar-refractivity contribution in [2.75, 3.05) is 27.2 Å². The highest BCUT2D eigenvalue weighted by Crippen LogP contribution is 2.40. The van der Waals surface area contributed by atoms with Crippen LogP contribution >= 0.6 is 0 Å². The molecule has 0 spiro atoms. The number of ketones is 1. The standard InChI is InChI=1S/C20H23FN4O3/c1-11-15(12(2)23-22-11)18(26)16-17(13-7-5-6-8-14(13)21)25(10-9-24(3)4)20(28)19(16)27/h5-8,17,26H,9-10H2,1-4H3,(H,22,23)/b18-16+/t17-/m1/s1. The maximum atomic E-state index is 14.6. The number of hydrogen-bond acceptors (Lipinski definition) is 5. The number of halogens is 1. The van der Waals surface area contributed by atoms with Gasteiger partial charge in [-0.2, -0.15) is 5.10 Å². The van der Waals surface area contributed by atoms with E-state index in [1.807, 2.05) is 19.0 Å². The molecule has 1 aliphatic rings. The Morgan fingerprint density at radius 3 is 2.54 bits per heavy atom. The number of nitrogens with zero attached hydrogens (tertiary/aromatic N) is 3. The van der Waals surface area contributed by atoms with Crippen LogP contribution in [0.15, 0.2) is 29.8 Å². The number of carbonyl (C=O) groups excluding carboxylic acids is 2. The molecule has 8 heteroatoms. The van der Waals surface area contributed by atoms with Crippen molar-refractivity contribution in [1.82, 2.24) is 20.0 Å². The maximum absolute atomic E-state index is 14.6. The second-order valence-corrected chi connectivity index (χ2v) is 7.13. The van der Waals surface area contributed by atoms with Crippen LogP contribution in [0.3, 0.4) is 0 Å². The van der Waals surface area contributed by atoms with Gasteiger partial charge in [0.25, 0.3) is 11.7 Å². The predicted octanol–water partition coefficient (Wildman–Crippen LogP) is 2.15. The number of carbonyl (C=O) groups is 2. The monoisotopic (exact) mass is 386 g/mol. The average Bonchev–Trinajstić information content (AvgIpc) is 3.10. The van der Waals surface area contributed by atoms with E-state index in [2.05, 4.69) is 10.2 Å². The highest BCUT2D eigenvalue weighted by Gasteiger charge is 2.47. The van der Waals surface area contributed by atoms with Gasteiger partial charge < -0.3 is 14.9 Å². The fraction of sp³-hybridized carbons (Fsp3) is 0.350. The van der Waals surface area contributed by atoms with Crippen molar-refractivity contribution in [1.29, 1.82) is 0 Å². The first-order valence-electron chi connectivity index (χ1n) is 8.93. The van der Waals surface area contributed by atoms with Gasteiger partial charge in [-0.05, 0) is 34.0 Å². The van der Waals surface area contributed by atoms with E-state index in [9.17, 15) is 19.1 Å². The molecule has 3 rings (SSSR count). The van der Waals surface area contributed by atoms with Crippen LogP contribution in [0.4, 0.5) is 4.39 Å². The van der Waals surface area contributed by atoms with Crippen LogP contribution in [-0.2, 0) is 9.59 Å². The molecule has 0 bridgehead atoms. The van der Waals surface area contributed by atoms with Crippen molar-refractivity contribution < 1.29 is 19.1 Å². The van der Waals surface area contributed by atoms with Gasteiger partial charge in [0.05, 0.1) is 22.9 Å². The Morgan fingerprint density at radius 1 is 1.29 bits per heavy atom. The lowest BCUT2D eigenvalue weighted by Crippen LogP contribution is -2.35. The largest absolute Gasteiger partial charge is 0.507 e. The first kappa shape index (κ1) is 19.8. The number of rotatable bonds is 5. The highest BCUT2D eigenvalue weighted by atomic mass is 19.1. The predicted molar refractivity (Wildman–Crippen MR) is 102 cm³/mol. The van der Waals surface area contributed by atoms with E-state index < -0.39 is 23.5 Å². The van der Waals surface area contributed by atoms with Crippen molar-refractivity contribution in [2.24, 2.45) is 0 Å². The number of aromatic nitrogens is 2. The zero-order valence-corrected chi connectivity index (χ0v) is 16.3. The van der Waals surface area contributed by atoms with Crippen molar-refractivity contribution in [3.05, 3.63) is 58.2 Å². The van der Waals surface area contributed by atoms with Crippen LogP contribution < -0.4 is 0 Å². The van der Waals surface area contributed by atoms with Crippen molar-refractivity contribution in [3.8, 4) is 0 Å². The third kappa shape index (κ3) is 3.31. The third-order valence-electron chi connectivity index (χ3n) is 4.89. The van der Waals surface area contributed by atoms with Crippen LogP contribution in [0.2, 0.25) is 0 Å². The minimum absolute atomic E-state index is 0.124. The molecule has 1 aromatic carbocycles. The van der Waals surface area contributed by atoms with E-state index in [0.29, 0.717) is 23.5 Å². The van der Waals surface area contributed by atoms with Crippen LogP contribution in [0.5, 0.6) is 0 Å². The summed E-state index contributed by atoms with van der Waals surface area (Å²) in [7, 11) is 3.68. The van der Waals surface area contributed by atoms with Gasteiger partial charge in [-0.3, -0.25) is 14.7 Å². The number of H-pyrrole nitrogens is 1. The molecule has 148 valence electrons. The van der Waals surface area contributed by atoms with E-state index in [0.717, 1.165) is 0 Å². The maximum Gasteiger partial charge on any atom is 0.295 e. The number of likely N-dealkylation sites (N-methyl/N-ethyl adjacent to an activating group) is 1. The summed E-state index contributed by atoms with van der Waals surface area (Å²) in [5.74, 6) is -2.47. The van der Waals surface area contributed by atoms with E-state index >= 15 is 0 Å². The lowest BCUT2D eigenvalue weighted by atomic mass is 9.94. The summed E-state index contributed by atoms with van der Waals surface area (Å²) in [5, 5.41) is 17.8. The summed E-state index contributed by atoms with van der Waals surface area (Å²) in [6, 6.07) is 4.97. The molecule has 1 fully saturated rings. The Bertz CT molecular complexity index is 945. The van der Waals surface area contributed by atoms with Crippen LogP contribution in [0.1, 0.15) is 28.6 Å². The average molecular weight is 386 g/mol. The molecule has 1 aromatic heterocycles. The quantitative estimate of drug-likeness (QED) is 0.467. The number of amides is 1. The van der Waals surface area contributed by atoms with Gasteiger partial charge in [0.15, 0.2) is 0 Å². The Balaban J connectivity index is 2.22. The molecule has 1 amide bonds. The Kier molecular flexibility index (Phi) is 5.33. The second-order valence-electron chi connectivity index (χ2n) is 7.13. The van der Waals surface area contributed by atoms with Gasteiger partial charge in [0.1, 0.15) is 11.6 Å². The van der Waals surface area contributed by atoms with Gasteiger partial charge in [0.2, 0.25) is 0 Å². The number of nitrogens with one attached hydrogen (secondary N) is 1. The number of hydrogen-bond donors (Lipinski definition) is 2. The molecule has 2 aromatic rings. The number of aliphatic hydroxyl groups excluding tert-OH is 1. The van der Waals surface area contributed by atoms with Crippen molar-refractivity contribution in [2.45, 2.75) is 19.9 Å². The Hall–Kier alpha value is -3.00. The number of Topliss-reactive ketones (excluding diaryl/α,β-unsaturated/α-hetero) is 1. The third-order valence-corrected chi connectivity index (χ3v) is 4.89. The van der Waals surface area contributed by atoms with Crippen LogP contribution in [-0.4, -0.2) is 64.0 Å². The summed E-state index contributed by atoms with van der Waals surface area (Å²) >= 11 is 0. The number of benzene rings is 1. The zero-order chi connectivity index (χ0) is 20.6. The molecule has 0 radical (unpaired) electrons. The number of likely N-dealkylation sites (tertiary alicyclic amines) is 1. The molecule has 0 unspecified atom stereocenters. The normalized spacial score (nSPS) is 19.1. The molecular weight excluding hydrogens is 363 g/mol. The van der Waals surface area contributed by atoms with Crippen molar-refractivity contribution >= 4 is 17.4 Å². The van der Waals surface area contributed by atoms with Crippen molar-refractivity contribution in [3.63, 3.8) is 0 Å².